The minimum absolute atomic E-state index is 0.179. The van der Waals surface area contributed by atoms with Gasteiger partial charge >= 0.3 is 0 Å². The largest absolute Gasteiger partial charge is 0.369 e. The molecular weight excluding hydrogens is 156 g/mol. The molecule has 12 heavy (non-hydrogen) atoms. The second kappa shape index (κ2) is 6.79. The molecule has 1 amide bonds. The van der Waals surface area contributed by atoms with Crippen LogP contribution < -0.4 is 5.73 Å². The first-order valence-electron chi connectivity index (χ1n) is 4.15. The maximum atomic E-state index is 10.5. The monoisotopic (exact) mass is 172 g/mol. The molecule has 0 spiro atoms. The highest BCUT2D eigenvalue weighted by atomic mass is 16.1. The summed E-state index contributed by atoms with van der Waals surface area (Å²) in [6, 6.07) is 0. The summed E-state index contributed by atoms with van der Waals surface area (Å²) in [6.45, 7) is 3.29. The molecule has 2 N–H and O–H groups in total. The summed E-state index contributed by atoms with van der Waals surface area (Å²) in [6.07, 6.45) is 2.83. The molecular formula is C8H16N2O2. The Morgan fingerprint density at radius 2 is 2.25 bits per heavy atom. The van der Waals surface area contributed by atoms with Crippen molar-refractivity contribution in [3.8, 4) is 0 Å². The van der Waals surface area contributed by atoms with E-state index < -0.39 is 0 Å². The molecule has 0 aliphatic heterocycles. The minimum atomic E-state index is -0.382. The first-order valence-corrected chi connectivity index (χ1v) is 4.15. The van der Waals surface area contributed by atoms with E-state index in [9.17, 15) is 9.59 Å². The van der Waals surface area contributed by atoms with E-state index in [4.69, 9.17) is 5.73 Å². The van der Waals surface area contributed by atoms with E-state index in [1.54, 1.807) is 4.90 Å². The Hall–Kier alpha value is -0.900. The zero-order valence-electron chi connectivity index (χ0n) is 7.45. The first-order chi connectivity index (χ1) is 5.70. The predicted octanol–water partition coefficient (Wildman–Crippen LogP) is -0.227. The standard InChI is InChI=1S/C8H16N2O2/c1-2-3-4-10(5-6-11)7-8(9)12/h6H,2-5,7H2,1H3,(H2,9,12). The lowest BCUT2D eigenvalue weighted by atomic mass is 10.3. The van der Waals surface area contributed by atoms with Crippen molar-refractivity contribution >= 4 is 12.2 Å². The molecule has 0 radical (unpaired) electrons. The fourth-order valence-corrected chi connectivity index (χ4v) is 0.942. The van der Waals surface area contributed by atoms with Gasteiger partial charge in [-0.15, -0.1) is 0 Å². The number of rotatable bonds is 7. The van der Waals surface area contributed by atoms with Crippen molar-refractivity contribution in [2.45, 2.75) is 19.8 Å². The number of carbonyl (C=O) groups is 2. The number of hydrogen-bond donors (Lipinski definition) is 1. The molecule has 0 fully saturated rings. The number of primary amides is 1. The molecule has 0 saturated heterocycles. The van der Waals surface area contributed by atoms with Crippen LogP contribution in [0.1, 0.15) is 19.8 Å². The molecule has 0 rings (SSSR count). The maximum Gasteiger partial charge on any atom is 0.231 e. The molecule has 0 atom stereocenters. The van der Waals surface area contributed by atoms with Crippen LogP contribution in [0, 0.1) is 0 Å². The summed E-state index contributed by atoms with van der Waals surface area (Å²) < 4.78 is 0. The third kappa shape index (κ3) is 5.85. The lowest BCUT2D eigenvalue weighted by Gasteiger charge is -2.16. The molecule has 0 aliphatic rings. The fourth-order valence-electron chi connectivity index (χ4n) is 0.942. The smallest absolute Gasteiger partial charge is 0.231 e. The Balaban J connectivity index is 3.68. The molecule has 0 unspecified atom stereocenters. The van der Waals surface area contributed by atoms with Crippen molar-refractivity contribution in [3.63, 3.8) is 0 Å². The highest BCUT2D eigenvalue weighted by molar-refractivity contribution is 5.76. The molecule has 0 saturated carbocycles. The van der Waals surface area contributed by atoms with E-state index in [1.807, 2.05) is 0 Å². The van der Waals surface area contributed by atoms with Crippen molar-refractivity contribution < 1.29 is 9.59 Å². The van der Waals surface area contributed by atoms with Gasteiger partial charge in [-0.25, -0.2) is 0 Å². The van der Waals surface area contributed by atoms with E-state index in [0.29, 0.717) is 6.54 Å². The van der Waals surface area contributed by atoms with Crippen LogP contribution in [0.5, 0.6) is 0 Å². The molecule has 4 nitrogen and oxygen atoms in total. The Morgan fingerprint density at radius 1 is 1.58 bits per heavy atom. The second-order valence-electron chi connectivity index (χ2n) is 2.72. The van der Waals surface area contributed by atoms with Crippen molar-refractivity contribution in [2.24, 2.45) is 5.73 Å². The topological polar surface area (TPSA) is 63.4 Å². The number of hydrogen-bond acceptors (Lipinski definition) is 3. The van der Waals surface area contributed by atoms with E-state index >= 15 is 0 Å². The van der Waals surface area contributed by atoms with Crippen LogP contribution in [-0.2, 0) is 9.59 Å². The maximum absolute atomic E-state index is 10.5. The fraction of sp³-hybridized carbons (Fsp3) is 0.750. The van der Waals surface area contributed by atoms with Gasteiger partial charge in [0, 0.05) is 0 Å². The van der Waals surface area contributed by atoms with Gasteiger partial charge in [-0.1, -0.05) is 13.3 Å². The van der Waals surface area contributed by atoms with E-state index in [0.717, 1.165) is 25.7 Å². The first kappa shape index (κ1) is 11.1. The highest BCUT2D eigenvalue weighted by Crippen LogP contribution is 1.92. The second-order valence-corrected chi connectivity index (χ2v) is 2.72. The van der Waals surface area contributed by atoms with Gasteiger partial charge in [-0.2, -0.15) is 0 Å². The summed E-state index contributed by atoms with van der Waals surface area (Å²) in [5.74, 6) is -0.382. The molecule has 0 aliphatic carbocycles. The van der Waals surface area contributed by atoms with Crippen molar-refractivity contribution in [2.75, 3.05) is 19.6 Å². The average Bonchev–Trinajstić information content (AvgIpc) is 2.00. The normalized spacial score (nSPS) is 10.2. The zero-order valence-corrected chi connectivity index (χ0v) is 7.45. The van der Waals surface area contributed by atoms with Crippen molar-refractivity contribution in [1.29, 1.82) is 0 Å². The Labute approximate surface area is 72.7 Å². The SMILES string of the molecule is CCCCN(CC=O)CC(N)=O. The van der Waals surface area contributed by atoms with E-state index in [1.165, 1.54) is 0 Å². The predicted molar refractivity (Wildman–Crippen MR) is 46.6 cm³/mol. The van der Waals surface area contributed by atoms with Gasteiger partial charge in [-0.3, -0.25) is 9.69 Å². The summed E-state index contributed by atoms with van der Waals surface area (Å²) in [5, 5.41) is 0. The van der Waals surface area contributed by atoms with Crippen LogP contribution in [0.25, 0.3) is 0 Å². The molecule has 70 valence electrons. The van der Waals surface area contributed by atoms with Gasteiger partial charge in [0.05, 0.1) is 13.1 Å². The van der Waals surface area contributed by atoms with Crippen molar-refractivity contribution in [1.82, 2.24) is 4.90 Å². The molecule has 0 aromatic heterocycles. The number of amides is 1. The van der Waals surface area contributed by atoms with Gasteiger partial charge in [0.2, 0.25) is 5.91 Å². The van der Waals surface area contributed by atoms with Crippen LogP contribution in [-0.4, -0.2) is 36.7 Å². The number of aldehydes is 1. The number of nitrogens with zero attached hydrogens (tertiary/aromatic N) is 1. The Kier molecular flexibility index (Phi) is 6.28. The summed E-state index contributed by atoms with van der Waals surface area (Å²) >= 11 is 0. The van der Waals surface area contributed by atoms with Gasteiger partial charge < -0.3 is 10.5 Å². The van der Waals surface area contributed by atoms with Crippen LogP contribution in [0.2, 0.25) is 0 Å². The molecule has 0 aromatic rings. The van der Waals surface area contributed by atoms with Gasteiger partial charge in [0.25, 0.3) is 0 Å². The summed E-state index contributed by atoms with van der Waals surface area (Å²) in [7, 11) is 0. The van der Waals surface area contributed by atoms with E-state index in [-0.39, 0.29) is 12.5 Å². The van der Waals surface area contributed by atoms with E-state index in [2.05, 4.69) is 6.92 Å². The highest BCUT2D eigenvalue weighted by Gasteiger charge is 2.05. The average molecular weight is 172 g/mol. The zero-order chi connectivity index (χ0) is 9.40. The number of nitrogens with two attached hydrogens (primary N) is 1. The molecule has 0 heterocycles. The lowest BCUT2D eigenvalue weighted by Crippen LogP contribution is -2.35. The number of carbonyl (C=O) groups excluding carboxylic acids is 2. The molecule has 0 bridgehead atoms. The van der Waals surface area contributed by atoms with Crippen LogP contribution >= 0.6 is 0 Å². The van der Waals surface area contributed by atoms with Crippen LogP contribution in [0.15, 0.2) is 0 Å². The third-order valence-electron chi connectivity index (χ3n) is 1.54. The van der Waals surface area contributed by atoms with Crippen LogP contribution in [0.4, 0.5) is 0 Å². The quantitative estimate of drug-likeness (QED) is 0.540. The van der Waals surface area contributed by atoms with Gasteiger partial charge in [-0.05, 0) is 13.0 Å². The minimum Gasteiger partial charge on any atom is -0.369 e. The molecule has 4 heteroatoms. The number of unbranched alkanes of at least 4 members (excludes halogenated alkanes) is 1. The summed E-state index contributed by atoms with van der Waals surface area (Å²) in [5.41, 5.74) is 5.00. The van der Waals surface area contributed by atoms with Crippen molar-refractivity contribution in [3.05, 3.63) is 0 Å². The van der Waals surface area contributed by atoms with Crippen LogP contribution in [0.3, 0.4) is 0 Å². The van der Waals surface area contributed by atoms with Gasteiger partial charge in [0.15, 0.2) is 0 Å². The van der Waals surface area contributed by atoms with Gasteiger partial charge in [0.1, 0.15) is 6.29 Å². The Morgan fingerprint density at radius 3 is 2.67 bits per heavy atom. The Bertz CT molecular complexity index is 148. The lowest BCUT2D eigenvalue weighted by molar-refractivity contribution is -0.119. The summed E-state index contributed by atoms with van der Waals surface area (Å²) in [4.78, 5) is 22.4. The third-order valence-corrected chi connectivity index (χ3v) is 1.54. The molecule has 0 aromatic carbocycles.